The van der Waals surface area contributed by atoms with Gasteiger partial charge < -0.3 is 57.2 Å². The van der Waals surface area contributed by atoms with E-state index in [0.29, 0.717) is 131 Å². The molecule has 0 aliphatic rings. The number of esters is 2. The van der Waals surface area contributed by atoms with Gasteiger partial charge in [0.2, 0.25) is 0 Å². The Morgan fingerprint density at radius 3 is 1.08 bits per heavy atom. The van der Waals surface area contributed by atoms with E-state index in [2.05, 4.69) is 0 Å². The quantitative estimate of drug-likeness (QED) is 0.0801. The lowest BCUT2D eigenvalue weighted by molar-refractivity contribution is -0.146. The van der Waals surface area contributed by atoms with Crippen LogP contribution in [0.2, 0.25) is 0 Å². The topological polar surface area (TPSA) is 173 Å². The molecule has 1 rings (SSSR count). The van der Waals surface area contributed by atoms with Crippen molar-refractivity contribution in [2.75, 3.05) is 132 Å². The van der Waals surface area contributed by atoms with Crippen molar-refractivity contribution in [1.29, 1.82) is 0 Å². The number of aliphatic carboxylic acids is 1. The van der Waals surface area contributed by atoms with Crippen LogP contribution < -0.4 is 0 Å². The van der Waals surface area contributed by atoms with Crippen LogP contribution in [0.4, 0.5) is 0 Å². The molecule has 48 heavy (non-hydrogen) atoms. The third-order valence-electron chi connectivity index (χ3n) is 5.96. The van der Waals surface area contributed by atoms with Crippen LogP contribution in [-0.2, 0) is 61.7 Å². The van der Waals surface area contributed by atoms with E-state index in [4.69, 9.17) is 57.2 Å². The van der Waals surface area contributed by atoms with Crippen molar-refractivity contribution in [1.82, 2.24) is 0 Å². The van der Waals surface area contributed by atoms with E-state index in [0.717, 1.165) is 0 Å². The first-order valence-corrected chi connectivity index (χ1v) is 16.4. The number of carboxylic acid groups (broad SMARTS) is 1. The van der Waals surface area contributed by atoms with Crippen LogP contribution in [0.15, 0.2) is 30.3 Å². The standard InChI is InChI=1S/C33H54O15/c34-31(35)8-4-5-9-32(36)47-28-26-45-24-22-43-20-18-41-16-14-39-12-10-38-11-13-40-15-17-42-19-21-44-23-25-46-27-29-48-33(37)30-6-2-1-3-7-30/h1-3,6-7H,4-5,8-29H2,(H,34,35). The number of carbonyl (C=O) groups is 3. The van der Waals surface area contributed by atoms with Crippen molar-refractivity contribution >= 4 is 17.9 Å². The summed E-state index contributed by atoms with van der Waals surface area (Å²) in [5.74, 6) is -1.58. The zero-order valence-electron chi connectivity index (χ0n) is 28.0. The van der Waals surface area contributed by atoms with Gasteiger partial charge in [-0.25, -0.2) is 4.79 Å². The van der Waals surface area contributed by atoms with Crippen molar-refractivity contribution in [3.05, 3.63) is 35.9 Å². The van der Waals surface area contributed by atoms with Crippen LogP contribution in [0, 0.1) is 0 Å². The molecule has 15 heteroatoms. The summed E-state index contributed by atoms with van der Waals surface area (Å²) >= 11 is 0. The third kappa shape index (κ3) is 30.6. The molecule has 0 aliphatic carbocycles. The fourth-order valence-electron chi connectivity index (χ4n) is 3.54. The predicted molar refractivity (Wildman–Crippen MR) is 171 cm³/mol. The second-order valence-electron chi connectivity index (χ2n) is 9.83. The Labute approximate surface area is 283 Å². The zero-order chi connectivity index (χ0) is 34.6. The smallest absolute Gasteiger partial charge is 0.338 e. The van der Waals surface area contributed by atoms with Crippen LogP contribution >= 0.6 is 0 Å². The SMILES string of the molecule is O=C(O)CCCCC(=O)OCCOCCOCCOCCOCCOCCOCCOCCOCCOCCOC(=O)c1ccccc1. The Bertz CT molecular complexity index is 887. The summed E-state index contributed by atoms with van der Waals surface area (Å²) in [5, 5.41) is 8.55. The molecule has 1 aromatic carbocycles. The van der Waals surface area contributed by atoms with Gasteiger partial charge in [0, 0.05) is 12.8 Å². The lowest BCUT2D eigenvalue weighted by Gasteiger charge is -2.09. The van der Waals surface area contributed by atoms with E-state index in [-0.39, 0.29) is 44.6 Å². The van der Waals surface area contributed by atoms with Gasteiger partial charge in [-0.3, -0.25) is 9.59 Å². The van der Waals surface area contributed by atoms with E-state index >= 15 is 0 Å². The van der Waals surface area contributed by atoms with Gasteiger partial charge in [-0.05, 0) is 25.0 Å². The van der Waals surface area contributed by atoms with Crippen molar-refractivity contribution in [3.63, 3.8) is 0 Å². The number of ether oxygens (including phenoxy) is 11. The van der Waals surface area contributed by atoms with Crippen molar-refractivity contribution < 1.29 is 71.6 Å². The Kier molecular flexibility index (Phi) is 30.8. The maximum atomic E-state index is 11.8. The largest absolute Gasteiger partial charge is 0.481 e. The molecule has 1 N–H and O–H groups in total. The minimum atomic E-state index is -0.866. The number of unbranched alkanes of at least 4 members (excludes halogenated alkanes) is 1. The van der Waals surface area contributed by atoms with Crippen molar-refractivity contribution in [3.8, 4) is 0 Å². The molecule has 0 amide bonds. The van der Waals surface area contributed by atoms with Gasteiger partial charge >= 0.3 is 17.9 Å². The van der Waals surface area contributed by atoms with Crippen molar-refractivity contribution in [2.24, 2.45) is 0 Å². The summed E-state index contributed by atoms with van der Waals surface area (Å²) in [4.78, 5) is 33.7. The predicted octanol–water partition coefficient (Wildman–Crippen LogP) is 2.18. The Morgan fingerprint density at radius 1 is 0.417 bits per heavy atom. The second kappa shape index (κ2) is 34.1. The normalized spacial score (nSPS) is 11.1. The molecule has 15 nitrogen and oxygen atoms in total. The molecular formula is C33H54O15. The molecule has 0 spiro atoms. The first kappa shape index (κ1) is 43.3. The Morgan fingerprint density at radius 2 is 0.729 bits per heavy atom. The highest BCUT2D eigenvalue weighted by Gasteiger charge is 2.06. The van der Waals surface area contributed by atoms with Crippen LogP contribution in [0.5, 0.6) is 0 Å². The van der Waals surface area contributed by atoms with Crippen LogP contribution in [0.3, 0.4) is 0 Å². The van der Waals surface area contributed by atoms with Gasteiger partial charge in [0.15, 0.2) is 0 Å². The number of carbonyl (C=O) groups excluding carboxylic acids is 2. The van der Waals surface area contributed by atoms with Gasteiger partial charge in [-0.1, -0.05) is 18.2 Å². The lowest BCUT2D eigenvalue weighted by Crippen LogP contribution is -2.16. The molecule has 276 valence electrons. The Hall–Kier alpha value is -2.73. The highest BCUT2D eigenvalue weighted by atomic mass is 16.6. The molecule has 0 saturated heterocycles. The van der Waals surface area contributed by atoms with E-state index < -0.39 is 5.97 Å². The lowest BCUT2D eigenvalue weighted by atomic mass is 10.2. The zero-order valence-corrected chi connectivity index (χ0v) is 28.0. The first-order chi connectivity index (χ1) is 23.6. The molecule has 0 aliphatic heterocycles. The van der Waals surface area contributed by atoms with Gasteiger partial charge in [0.25, 0.3) is 0 Å². The maximum absolute atomic E-state index is 11.8. The number of hydrogen-bond donors (Lipinski definition) is 1. The molecule has 0 atom stereocenters. The number of benzene rings is 1. The summed E-state index contributed by atoms with van der Waals surface area (Å²) in [7, 11) is 0. The minimum absolute atomic E-state index is 0.0566. The van der Waals surface area contributed by atoms with Gasteiger partial charge in [0.1, 0.15) is 13.2 Å². The van der Waals surface area contributed by atoms with E-state index in [9.17, 15) is 14.4 Å². The van der Waals surface area contributed by atoms with Crippen LogP contribution in [0.25, 0.3) is 0 Å². The highest BCUT2D eigenvalue weighted by Crippen LogP contribution is 2.02. The Balaban J connectivity index is 1.65. The summed E-state index contributed by atoms with van der Waals surface area (Å²) in [6.07, 6.45) is 1.22. The van der Waals surface area contributed by atoms with E-state index in [1.54, 1.807) is 24.3 Å². The third-order valence-corrected chi connectivity index (χ3v) is 5.96. The first-order valence-electron chi connectivity index (χ1n) is 16.4. The molecule has 0 unspecified atom stereocenters. The van der Waals surface area contributed by atoms with E-state index in [1.165, 1.54) is 0 Å². The number of carboxylic acids is 1. The van der Waals surface area contributed by atoms with E-state index in [1.807, 2.05) is 6.07 Å². The molecule has 0 heterocycles. The molecule has 0 saturated carbocycles. The fourth-order valence-corrected chi connectivity index (χ4v) is 3.54. The average Bonchev–Trinajstić information content (AvgIpc) is 3.09. The summed E-state index contributed by atoms with van der Waals surface area (Å²) in [6, 6.07) is 8.82. The van der Waals surface area contributed by atoms with Gasteiger partial charge in [-0.15, -0.1) is 0 Å². The van der Waals surface area contributed by atoms with Crippen molar-refractivity contribution in [2.45, 2.75) is 25.7 Å². The molecule has 0 bridgehead atoms. The fraction of sp³-hybridized carbons (Fsp3) is 0.727. The molecule has 1 aromatic rings. The molecule has 0 radical (unpaired) electrons. The molecule has 0 aromatic heterocycles. The molecule has 0 fully saturated rings. The minimum Gasteiger partial charge on any atom is -0.481 e. The van der Waals surface area contributed by atoms with Gasteiger partial charge in [-0.2, -0.15) is 0 Å². The van der Waals surface area contributed by atoms with Crippen LogP contribution in [0.1, 0.15) is 36.0 Å². The highest BCUT2D eigenvalue weighted by molar-refractivity contribution is 5.89. The summed E-state index contributed by atoms with van der Waals surface area (Å²) in [6.45, 7) is 8.08. The molecular weight excluding hydrogens is 636 g/mol. The second-order valence-corrected chi connectivity index (χ2v) is 9.83. The number of rotatable bonds is 36. The summed E-state index contributed by atoms with van der Waals surface area (Å²) < 4.78 is 58.9. The number of hydrogen-bond acceptors (Lipinski definition) is 14. The van der Waals surface area contributed by atoms with Crippen LogP contribution in [-0.4, -0.2) is 155 Å². The van der Waals surface area contributed by atoms with Gasteiger partial charge in [0.05, 0.1) is 124 Å². The monoisotopic (exact) mass is 690 g/mol. The summed E-state index contributed by atoms with van der Waals surface area (Å²) in [5.41, 5.74) is 0.517. The maximum Gasteiger partial charge on any atom is 0.338 e. The average molecular weight is 691 g/mol.